The minimum atomic E-state index is 0.503. The molecule has 2 aromatic rings. The van der Waals surface area contributed by atoms with E-state index < -0.39 is 0 Å². The number of imidazole rings is 1. The van der Waals surface area contributed by atoms with E-state index in [1.165, 1.54) is 0 Å². The van der Waals surface area contributed by atoms with E-state index in [9.17, 15) is 0 Å². The molecule has 0 atom stereocenters. The summed E-state index contributed by atoms with van der Waals surface area (Å²) in [7, 11) is 0. The quantitative estimate of drug-likeness (QED) is 0.621. The maximum atomic E-state index is 5.58. The Morgan fingerprint density at radius 1 is 1.70 bits per heavy atom. The zero-order valence-corrected chi connectivity index (χ0v) is 5.97. The third-order valence-corrected chi connectivity index (χ3v) is 1.67. The Morgan fingerprint density at radius 3 is 3.30 bits per heavy atom. The van der Waals surface area contributed by atoms with Gasteiger partial charge in [0.2, 0.25) is 0 Å². The van der Waals surface area contributed by atoms with Gasteiger partial charge >= 0.3 is 0 Å². The number of aromatic nitrogens is 3. The summed E-state index contributed by atoms with van der Waals surface area (Å²) >= 11 is 5.58. The van der Waals surface area contributed by atoms with Crippen LogP contribution in [0.4, 0.5) is 0 Å². The van der Waals surface area contributed by atoms with Crippen LogP contribution in [0.3, 0.4) is 0 Å². The highest BCUT2D eigenvalue weighted by molar-refractivity contribution is 6.16. The van der Waals surface area contributed by atoms with E-state index in [0.29, 0.717) is 5.88 Å². The van der Waals surface area contributed by atoms with Crippen molar-refractivity contribution < 1.29 is 0 Å². The molecule has 4 heteroatoms. The van der Waals surface area contributed by atoms with Crippen molar-refractivity contribution in [1.29, 1.82) is 0 Å². The maximum Gasteiger partial charge on any atom is 0.153 e. The summed E-state index contributed by atoms with van der Waals surface area (Å²) in [6, 6.07) is 1.92. The second-order valence-electron chi connectivity index (χ2n) is 2.07. The highest BCUT2D eigenvalue weighted by Gasteiger charge is 1.97. The Hall–Kier alpha value is -0.960. The molecule has 0 radical (unpaired) electrons. The van der Waals surface area contributed by atoms with Crippen LogP contribution < -0.4 is 0 Å². The predicted octanol–water partition coefficient (Wildman–Crippen LogP) is 1.40. The molecule has 0 spiro atoms. The average molecular weight is 156 g/mol. The van der Waals surface area contributed by atoms with Crippen molar-refractivity contribution in [2.24, 2.45) is 0 Å². The fraction of sp³-hybridized carbons (Fsp3) is 0.167. The zero-order chi connectivity index (χ0) is 6.97. The first-order valence-electron chi connectivity index (χ1n) is 2.97. The number of hydrogen-bond donors (Lipinski definition) is 1. The number of nitrogens with one attached hydrogen (secondary N) is 1. The summed E-state index contributed by atoms with van der Waals surface area (Å²) in [5.74, 6) is 0.503. The molecule has 10 heavy (non-hydrogen) atoms. The van der Waals surface area contributed by atoms with Gasteiger partial charge < -0.3 is 0 Å². The average Bonchev–Trinajstić information content (AvgIpc) is 2.42. The third-order valence-electron chi connectivity index (χ3n) is 1.38. The summed E-state index contributed by atoms with van der Waals surface area (Å²) in [5, 5.41) is 3.05. The molecule has 0 fully saturated rings. The zero-order valence-electron chi connectivity index (χ0n) is 5.21. The molecule has 1 N–H and O–H groups in total. The lowest BCUT2D eigenvalue weighted by Crippen LogP contribution is -1.81. The number of fused-ring (bicyclic) bond motifs is 1. The standard InChI is InChI=1S/C6H6ClN3/c7-4-5-3-6-8-1-2-10(6)9-5/h1-3,9H,4H2. The molecule has 0 aromatic carbocycles. The molecule has 0 amide bonds. The second kappa shape index (κ2) is 2.02. The monoisotopic (exact) mass is 155 g/mol. The van der Waals surface area contributed by atoms with Gasteiger partial charge in [0.15, 0.2) is 5.65 Å². The van der Waals surface area contributed by atoms with Gasteiger partial charge in [0, 0.05) is 18.5 Å². The van der Waals surface area contributed by atoms with Gasteiger partial charge in [0.25, 0.3) is 0 Å². The Labute approximate surface area is 62.6 Å². The van der Waals surface area contributed by atoms with Crippen LogP contribution in [0.15, 0.2) is 18.5 Å². The lowest BCUT2D eigenvalue weighted by atomic mass is 10.5. The number of nitrogens with zero attached hydrogens (tertiary/aromatic N) is 2. The van der Waals surface area contributed by atoms with Gasteiger partial charge in [-0.2, -0.15) is 0 Å². The van der Waals surface area contributed by atoms with Crippen molar-refractivity contribution in [3.8, 4) is 0 Å². The van der Waals surface area contributed by atoms with Gasteiger partial charge in [-0.1, -0.05) is 0 Å². The molecule has 0 bridgehead atoms. The predicted molar refractivity (Wildman–Crippen MR) is 39.1 cm³/mol. The third kappa shape index (κ3) is 0.708. The minimum absolute atomic E-state index is 0.503. The molecule has 52 valence electrons. The van der Waals surface area contributed by atoms with E-state index in [2.05, 4.69) is 10.1 Å². The van der Waals surface area contributed by atoms with Crippen molar-refractivity contribution >= 4 is 17.2 Å². The molecule has 2 aromatic heterocycles. The number of H-pyrrole nitrogens is 1. The van der Waals surface area contributed by atoms with E-state index in [4.69, 9.17) is 11.6 Å². The van der Waals surface area contributed by atoms with Crippen LogP contribution in [-0.4, -0.2) is 14.6 Å². The molecule has 3 nitrogen and oxygen atoms in total. The summed E-state index contributed by atoms with van der Waals surface area (Å²) in [6.45, 7) is 0. The lowest BCUT2D eigenvalue weighted by Gasteiger charge is -1.82. The first-order valence-corrected chi connectivity index (χ1v) is 3.50. The Kier molecular flexibility index (Phi) is 1.17. The van der Waals surface area contributed by atoms with Gasteiger partial charge in [-0.25, -0.2) is 9.50 Å². The Morgan fingerprint density at radius 2 is 2.60 bits per heavy atom. The van der Waals surface area contributed by atoms with Crippen molar-refractivity contribution in [1.82, 2.24) is 14.6 Å². The minimum Gasteiger partial charge on any atom is -0.296 e. The summed E-state index contributed by atoms with van der Waals surface area (Å²) < 4.78 is 1.83. The van der Waals surface area contributed by atoms with Crippen molar-refractivity contribution in [2.45, 2.75) is 5.88 Å². The highest BCUT2D eigenvalue weighted by Crippen LogP contribution is 2.04. The molecule has 2 heterocycles. The van der Waals surface area contributed by atoms with Crippen LogP contribution in [0.1, 0.15) is 5.69 Å². The van der Waals surface area contributed by atoms with Crippen molar-refractivity contribution in [3.05, 3.63) is 24.2 Å². The summed E-state index contributed by atoms with van der Waals surface area (Å²) in [4.78, 5) is 4.06. The van der Waals surface area contributed by atoms with Crippen LogP contribution >= 0.6 is 11.6 Å². The number of alkyl halides is 1. The number of rotatable bonds is 1. The van der Waals surface area contributed by atoms with E-state index in [1.807, 2.05) is 16.8 Å². The van der Waals surface area contributed by atoms with Crippen LogP contribution in [0.25, 0.3) is 5.65 Å². The molecule has 0 aliphatic heterocycles. The Bertz CT molecular complexity index is 307. The first kappa shape index (κ1) is 5.80. The number of aromatic amines is 1. The van der Waals surface area contributed by atoms with Crippen LogP contribution in [0.2, 0.25) is 0 Å². The molecule has 0 aliphatic rings. The fourth-order valence-electron chi connectivity index (χ4n) is 0.928. The molecule has 0 aliphatic carbocycles. The lowest BCUT2D eigenvalue weighted by molar-refractivity contribution is 0.937. The largest absolute Gasteiger partial charge is 0.296 e. The molecule has 0 saturated heterocycles. The van der Waals surface area contributed by atoms with E-state index in [0.717, 1.165) is 11.3 Å². The molecular weight excluding hydrogens is 150 g/mol. The molecule has 0 saturated carbocycles. The smallest absolute Gasteiger partial charge is 0.153 e. The normalized spacial score (nSPS) is 10.9. The van der Waals surface area contributed by atoms with Crippen LogP contribution in [-0.2, 0) is 5.88 Å². The highest BCUT2D eigenvalue weighted by atomic mass is 35.5. The van der Waals surface area contributed by atoms with Gasteiger partial charge in [-0.05, 0) is 0 Å². The van der Waals surface area contributed by atoms with Crippen molar-refractivity contribution in [2.75, 3.05) is 0 Å². The van der Waals surface area contributed by atoms with Crippen LogP contribution in [0.5, 0.6) is 0 Å². The van der Waals surface area contributed by atoms with Gasteiger partial charge in [0.05, 0.1) is 11.6 Å². The second-order valence-corrected chi connectivity index (χ2v) is 2.34. The van der Waals surface area contributed by atoms with Gasteiger partial charge in [0.1, 0.15) is 0 Å². The first-order chi connectivity index (χ1) is 4.90. The fourth-order valence-corrected chi connectivity index (χ4v) is 1.06. The van der Waals surface area contributed by atoms with E-state index in [1.54, 1.807) is 6.20 Å². The summed E-state index contributed by atoms with van der Waals surface area (Å²) in [6.07, 6.45) is 3.59. The SMILES string of the molecule is ClCc1cc2nccn2[nH]1. The molecular formula is C6H6ClN3. The van der Waals surface area contributed by atoms with E-state index in [-0.39, 0.29) is 0 Å². The topological polar surface area (TPSA) is 33.1 Å². The summed E-state index contributed by atoms with van der Waals surface area (Å²) in [5.41, 5.74) is 1.90. The maximum absolute atomic E-state index is 5.58. The molecule has 0 unspecified atom stereocenters. The van der Waals surface area contributed by atoms with E-state index >= 15 is 0 Å². The van der Waals surface area contributed by atoms with Gasteiger partial charge in [-0.3, -0.25) is 5.10 Å². The van der Waals surface area contributed by atoms with Crippen molar-refractivity contribution in [3.63, 3.8) is 0 Å². The van der Waals surface area contributed by atoms with Crippen LogP contribution in [0, 0.1) is 0 Å². The Balaban J connectivity index is 2.67. The van der Waals surface area contributed by atoms with Gasteiger partial charge in [-0.15, -0.1) is 11.6 Å². The molecule has 2 rings (SSSR count). The number of halogens is 1. The number of hydrogen-bond acceptors (Lipinski definition) is 1.